The van der Waals surface area contributed by atoms with Gasteiger partial charge < -0.3 is 9.47 Å². The molecule has 0 aliphatic heterocycles. The summed E-state index contributed by atoms with van der Waals surface area (Å²) in [4.78, 5) is 11.5. The van der Waals surface area contributed by atoms with Crippen LogP contribution < -0.4 is 5.14 Å². The monoisotopic (exact) mass is 351 g/mol. The molecule has 2 N–H and O–H groups in total. The first-order valence-corrected chi connectivity index (χ1v) is 7.77. The Morgan fingerprint density at radius 1 is 1.37 bits per heavy atom. The van der Waals surface area contributed by atoms with Crippen LogP contribution in [0.1, 0.15) is 17.3 Å². The zero-order valence-electron chi connectivity index (χ0n) is 10.3. The number of benzene rings is 1. The van der Waals surface area contributed by atoms with Gasteiger partial charge in [-0.2, -0.15) is 0 Å². The highest BCUT2D eigenvalue weighted by molar-refractivity contribution is 9.10. The number of ether oxygens (including phenoxy) is 2. The second-order valence-corrected chi connectivity index (χ2v) is 5.91. The Morgan fingerprint density at radius 2 is 2.05 bits per heavy atom. The van der Waals surface area contributed by atoms with Crippen molar-refractivity contribution in [3.63, 3.8) is 0 Å². The molecular formula is C11H14BrNO5S. The van der Waals surface area contributed by atoms with Crippen molar-refractivity contribution in [1.82, 2.24) is 0 Å². The Bertz CT molecular complexity index is 558. The topological polar surface area (TPSA) is 95.7 Å². The van der Waals surface area contributed by atoms with E-state index >= 15 is 0 Å². The van der Waals surface area contributed by atoms with E-state index in [2.05, 4.69) is 15.9 Å². The number of rotatable bonds is 6. The number of hydrogen-bond donors (Lipinski definition) is 1. The SMILES string of the molecule is CCOCCOC(=O)c1ccc(Br)c(S(N)(=O)=O)c1. The van der Waals surface area contributed by atoms with Gasteiger partial charge in [0.1, 0.15) is 6.61 Å². The Morgan fingerprint density at radius 3 is 2.63 bits per heavy atom. The second kappa shape index (κ2) is 6.99. The largest absolute Gasteiger partial charge is 0.460 e. The van der Waals surface area contributed by atoms with E-state index in [-0.39, 0.29) is 17.1 Å². The Labute approximate surface area is 120 Å². The average molecular weight is 352 g/mol. The Kier molecular flexibility index (Phi) is 5.92. The lowest BCUT2D eigenvalue weighted by atomic mass is 10.2. The van der Waals surface area contributed by atoms with Gasteiger partial charge in [0.15, 0.2) is 0 Å². The molecule has 0 spiro atoms. The van der Waals surface area contributed by atoms with Crippen LogP contribution >= 0.6 is 15.9 Å². The Hall–Kier alpha value is -0.960. The summed E-state index contributed by atoms with van der Waals surface area (Å²) in [6, 6.07) is 4.04. The zero-order chi connectivity index (χ0) is 14.5. The van der Waals surface area contributed by atoms with E-state index in [1.165, 1.54) is 18.2 Å². The molecule has 0 aromatic heterocycles. The molecule has 0 aliphatic rings. The molecule has 0 heterocycles. The molecule has 106 valence electrons. The summed E-state index contributed by atoms with van der Waals surface area (Å²) in [6.07, 6.45) is 0. The minimum Gasteiger partial charge on any atom is -0.460 e. The quantitative estimate of drug-likeness (QED) is 0.615. The number of sulfonamides is 1. The predicted octanol–water partition coefficient (Wildman–Crippen LogP) is 1.29. The molecule has 0 unspecified atom stereocenters. The van der Waals surface area contributed by atoms with Gasteiger partial charge in [-0.3, -0.25) is 0 Å². The molecular weight excluding hydrogens is 338 g/mol. The fourth-order valence-corrected chi connectivity index (χ4v) is 2.82. The molecule has 1 aromatic carbocycles. The highest BCUT2D eigenvalue weighted by atomic mass is 79.9. The number of carbonyl (C=O) groups excluding carboxylic acids is 1. The van der Waals surface area contributed by atoms with Crippen LogP contribution in [-0.2, 0) is 19.5 Å². The summed E-state index contributed by atoms with van der Waals surface area (Å²) in [5.74, 6) is -0.628. The minimum atomic E-state index is -3.90. The first-order valence-electron chi connectivity index (χ1n) is 5.43. The van der Waals surface area contributed by atoms with Crippen LogP contribution in [0.25, 0.3) is 0 Å². The average Bonchev–Trinajstić information content (AvgIpc) is 2.33. The van der Waals surface area contributed by atoms with Gasteiger partial charge in [0.25, 0.3) is 0 Å². The number of esters is 1. The standard InChI is InChI=1S/C11H14BrNO5S/c1-2-17-5-6-18-11(14)8-3-4-9(12)10(7-8)19(13,15)16/h3-4,7H,2,5-6H2,1H3,(H2,13,15,16). The predicted molar refractivity (Wildman–Crippen MR) is 72.3 cm³/mol. The molecule has 0 saturated carbocycles. The maximum absolute atomic E-state index is 11.7. The highest BCUT2D eigenvalue weighted by Crippen LogP contribution is 2.22. The lowest BCUT2D eigenvalue weighted by Crippen LogP contribution is -2.15. The lowest BCUT2D eigenvalue weighted by molar-refractivity contribution is 0.0335. The van der Waals surface area contributed by atoms with Crippen molar-refractivity contribution < 1.29 is 22.7 Å². The second-order valence-electron chi connectivity index (χ2n) is 3.52. The van der Waals surface area contributed by atoms with Crippen molar-refractivity contribution in [3.8, 4) is 0 Å². The van der Waals surface area contributed by atoms with Crippen LogP contribution in [0.4, 0.5) is 0 Å². The molecule has 0 saturated heterocycles. The van der Waals surface area contributed by atoms with E-state index in [9.17, 15) is 13.2 Å². The first-order chi connectivity index (χ1) is 8.86. The smallest absolute Gasteiger partial charge is 0.338 e. The summed E-state index contributed by atoms with van der Waals surface area (Å²) in [7, 11) is -3.90. The van der Waals surface area contributed by atoms with Gasteiger partial charge in [0.05, 0.1) is 17.1 Å². The number of carbonyl (C=O) groups is 1. The van der Waals surface area contributed by atoms with Gasteiger partial charge in [0, 0.05) is 11.1 Å². The maximum Gasteiger partial charge on any atom is 0.338 e. The van der Waals surface area contributed by atoms with Crippen molar-refractivity contribution in [2.24, 2.45) is 5.14 Å². The molecule has 0 aliphatic carbocycles. The van der Waals surface area contributed by atoms with Crippen LogP contribution in [0.15, 0.2) is 27.6 Å². The van der Waals surface area contributed by atoms with Gasteiger partial charge in [-0.1, -0.05) is 0 Å². The maximum atomic E-state index is 11.7. The van der Waals surface area contributed by atoms with Crippen LogP contribution in [0, 0.1) is 0 Å². The summed E-state index contributed by atoms with van der Waals surface area (Å²) < 4.78 is 32.8. The van der Waals surface area contributed by atoms with Crippen LogP contribution in [0.2, 0.25) is 0 Å². The molecule has 0 radical (unpaired) electrons. The van der Waals surface area contributed by atoms with E-state index in [0.29, 0.717) is 17.7 Å². The summed E-state index contributed by atoms with van der Waals surface area (Å²) in [5, 5.41) is 5.04. The van der Waals surface area contributed by atoms with Crippen LogP contribution in [0.3, 0.4) is 0 Å². The van der Waals surface area contributed by atoms with Gasteiger partial charge in [-0.05, 0) is 41.1 Å². The van der Waals surface area contributed by atoms with Crippen LogP contribution in [0.5, 0.6) is 0 Å². The molecule has 0 bridgehead atoms. The van der Waals surface area contributed by atoms with E-state index in [4.69, 9.17) is 14.6 Å². The fraction of sp³-hybridized carbons (Fsp3) is 0.364. The molecule has 8 heteroatoms. The van der Waals surface area contributed by atoms with Crippen LogP contribution in [-0.4, -0.2) is 34.2 Å². The molecule has 0 amide bonds. The molecule has 1 aromatic rings. The molecule has 0 atom stereocenters. The van der Waals surface area contributed by atoms with Gasteiger partial charge in [-0.25, -0.2) is 18.4 Å². The van der Waals surface area contributed by atoms with Crippen molar-refractivity contribution in [1.29, 1.82) is 0 Å². The number of nitrogens with two attached hydrogens (primary N) is 1. The molecule has 6 nitrogen and oxygen atoms in total. The van der Waals surface area contributed by atoms with Crippen molar-refractivity contribution in [3.05, 3.63) is 28.2 Å². The first kappa shape index (κ1) is 16.1. The third-order valence-electron chi connectivity index (χ3n) is 2.14. The number of primary sulfonamides is 1. The van der Waals surface area contributed by atoms with E-state index in [1.807, 2.05) is 6.92 Å². The van der Waals surface area contributed by atoms with E-state index in [1.54, 1.807) is 0 Å². The Balaban J connectivity index is 2.82. The van der Waals surface area contributed by atoms with Gasteiger partial charge >= 0.3 is 5.97 Å². The third-order valence-corrected chi connectivity index (χ3v) is 4.04. The van der Waals surface area contributed by atoms with Crippen molar-refractivity contribution in [2.75, 3.05) is 19.8 Å². The minimum absolute atomic E-state index is 0.105. The van der Waals surface area contributed by atoms with E-state index in [0.717, 1.165) is 0 Å². The van der Waals surface area contributed by atoms with Crippen molar-refractivity contribution in [2.45, 2.75) is 11.8 Å². The summed E-state index contributed by atoms with van der Waals surface area (Å²) >= 11 is 3.06. The number of halogens is 1. The third kappa shape index (κ3) is 4.90. The van der Waals surface area contributed by atoms with Gasteiger partial charge in [-0.15, -0.1) is 0 Å². The van der Waals surface area contributed by atoms with E-state index < -0.39 is 16.0 Å². The fourth-order valence-electron chi connectivity index (χ4n) is 1.27. The zero-order valence-corrected chi connectivity index (χ0v) is 12.7. The summed E-state index contributed by atoms with van der Waals surface area (Å²) in [6.45, 7) is 2.76. The van der Waals surface area contributed by atoms with Crippen molar-refractivity contribution >= 4 is 31.9 Å². The highest BCUT2D eigenvalue weighted by Gasteiger charge is 2.16. The molecule has 19 heavy (non-hydrogen) atoms. The molecule has 0 fully saturated rings. The van der Waals surface area contributed by atoms with Gasteiger partial charge in [0.2, 0.25) is 10.0 Å². The lowest BCUT2D eigenvalue weighted by Gasteiger charge is -2.07. The number of hydrogen-bond acceptors (Lipinski definition) is 5. The normalized spacial score (nSPS) is 11.3. The molecule has 1 rings (SSSR count). The summed E-state index contributed by atoms with van der Waals surface area (Å²) in [5.41, 5.74) is 0.115.